The molecule has 0 aliphatic heterocycles. The molecule has 3 aromatic carbocycles. The Bertz CT molecular complexity index is 853. The highest BCUT2D eigenvalue weighted by Gasteiger charge is 2.05. The van der Waals surface area contributed by atoms with E-state index in [1.165, 1.54) is 12.1 Å². The van der Waals surface area contributed by atoms with Crippen LogP contribution in [0, 0.1) is 5.82 Å². The molecule has 0 unspecified atom stereocenters. The van der Waals surface area contributed by atoms with E-state index < -0.39 is 0 Å². The van der Waals surface area contributed by atoms with Crippen LogP contribution in [-0.4, -0.2) is 0 Å². The Kier molecular flexibility index (Phi) is 5.79. The smallest absolute Gasteiger partial charge is 0.124 e. The molecule has 2 nitrogen and oxygen atoms in total. The van der Waals surface area contributed by atoms with Crippen molar-refractivity contribution in [1.82, 2.24) is 0 Å². The third-order valence-electron chi connectivity index (χ3n) is 3.68. The van der Waals surface area contributed by atoms with Crippen LogP contribution < -0.4 is 10.1 Å². The fourth-order valence-corrected chi connectivity index (χ4v) is 2.63. The van der Waals surface area contributed by atoms with Gasteiger partial charge in [-0.3, -0.25) is 0 Å². The van der Waals surface area contributed by atoms with E-state index in [1.807, 2.05) is 30.3 Å². The highest BCUT2D eigenvalue weighted by Crippen LogP contribution is 2.26. The van der Waals surface area contributed by atoms with Crippen molar-refractivity contribution < 1.29 is 9.13 Å². The highest BCUT2D eigenvalue weighted by molar-refractivity contribution is 6.42. The molecule has 0 heterocycles. The highest BCUT2D eigenvalue weighted by atomic mass is 35.5. The maximum atomic E-state index is 13.0. The van der Waals surface area contributed by atoms with Crippen molar-refractivity contribution in [2.75, 3.05) is 5.32 Å². The van der Waals surface area contributed by atoms with Gasteiger partial charge in [-0.15, -0.1) is 0 Å². The number of anilines is 1. The number of ether oxygens (including phenoxy) is 1. The minimum Gasteiger partial charge on any atom is -0.489 e. The average molecular weight is 376 g/mol. The summed E-state index contributed by atoms with van der Waals surface area (Å²) in [5.41, 5.74) is 2.80. The lowest BCUT2D eigenvalue weighted by atomic mass is 10.2. The Labute approximate surface area is 156 Å². The zero-order valence-electron chi connectivity index (χ0n) is 13.3. The first-order valence-corrected chi connectivity index (χ1v) is 8.51. The summed E-state index contributed by atoms with van der Waals surface area (Å²) >= 11 is 12.0. The fraction of sp³-hybridized carbons (Fsp3) is 0.100. The average Bonchev–Trinajstić information content (AvgIpc) is 2.63. The van der Waals surface area contributed by atoms with Crippen molar-refractivity contribution in [3.05, 3.63) is 93.7 Å². The van der Waals surface area contributed by atoms with Gasteiger partial charge >= 0.3 is 0 Å². The molecule has 0 radical (unpaired) electrons. The first-order chi connectivity index (χ1) is 12.1. The molecular formula is C20H16Cl2FNO. The summed E-state index contributed by atoms with van der Waals surface area (Å²) in [6.07, 6.45) is 0. The van der Waals surface area contributed by atoms with Gasteiger partial charge < -0.3 is 10.1 Å². The van der Waals surface area contributed by atoms with Crippen LogP contribution in [0.2, 0.25) is 10.0 Å². The quantitative estimate of drug-likeness (QED) is 0.543. The van der Waals surface area contributed by atoms with Gasteiger partial charge in [-0.1, -0.05) is 53.5 Å². The van der Waals surface area contributed by atoms with E-state index in [0.29, 0.717) is 23.2 Å². The Balaban J connectivity index is 1.65. The molecule has 3 aromatic rings. The molecule has 0 aliphatic rings. The second-order valence-corrected chi connectivity index (χ2v) is 6.32. The van der Waals surface area contributed by atoms with Crippen molar-refractivity contribution in [2.24, 2.45) is 0 Å². The van der Waals surface area contributed by atoms with Crippen LogP contribution in [0.1, 0.15) is 11.1 Å². The van der Waals surface area contributed by atoms with E-state index in [4.69, 9.17) is 27.9 Å². The van der Waals surface area contributed by atoms with Gasteiger partial charge in [0.05, 0.1) is 10.0 Å². The minimum atomic E-state index is -0.255. The molecule has 0 bridgehead atoms. The number of halogens is 3. The molecule has 0 aliphatic carbocycles. The molecule has 0 spiro atoms. The van der Waals surface area contributed by atoms with Crippen LogP contribution >= 0.6 is 23.2 Å². The normalized spacial score (nSPS) is 10.5. The van der Waals surface area contributed by atoms with E-state index in [0.717, 1.165) is 22.6 Å². The third kappa shape index (κ3) is 4.88. The summed E-state index contributed by atoms with van der Waals surface area (Å²) in [5, 5.41) is 4.33. The van der Waals surface area contributed by atoms with Crippen LogP contribution in [0.3, 0.4) is 0 Å². The van der Waals surface area contributed by atoms with Crippen LogP contribution in [0.5, 0.6) is 5.75 Å². The second kappa shape index (κ2) is 8.24. The van der Waals surface area contributed by atoms with Crippen LogP contribution in [0.4, 0.5) is 10.1 Å². The molecule has 5 heteroatoms. The molecule has 1 N–H and O–H groups in total. The minimum absolute atomic E-state index is 0.255. The van der Waals surface area contributed by atoms with Crippen LogP contribution in [-0.2, 0) is 13.2 Å². The number of hydrogen-bond acceptors (Lipinski definition) is 2. The van der Waals surface area contributed by atoms with Gasteiger partial charge in [-0.05, 0) is 42.0 Å². The predicted molar refractivity (Wildman–Crippen MR) is 101 cm³/mol. The van der Waals surface area contributed by atoms with Gasteiger partial charge in [-0.25, -0.2) is 4.39 Å². The van der Waals surface area contributed by atoms with Gasteiger partial charge in [-0.2, -0.15) is 0 Å². The van der Waals surface area contributed by atoms with E-state index >= 15 is 0 Å². The van der Waals surface area contributed by atoms with Gasteiger partial charge in [0.1, 0.15) is 18.2 Å². The summed E-state index contributed by atoms with van der Waals surface area (Å²) < 4.78 is 18.8. The van der Waals surface area contributed by atoms with Crippen molar-refractivity contribution >= 4 is 28.9 Å². The van der Waals surface area contributed by atoms with Crippen LogP contribution in [0.15, 0.2) is 66.7 Å². The maximum Gasteiger partial charge on any atom is 0.124 e. The van der Waals surface area contributed by atoms with Crippen LogP contribution in [0.25, 0.3) is 0 Å². The Morgan fingerprint density at radius 3 is 2.40 bits per heavy atom. The van der Waals surface area contributed by atoms with Crippen molar-refractivity contribution in [2.45, 2.75) is 13.2 Å². The Morgan fingerprint density at radius 1 is 0.880 bits per heavy atom. The maximum absolute atomic E-state index is 13.0. The Hall–Kier alpha value is -2.23. The molecule has 0 amide bonds. The van der Waals surface area contributed by atoms with Crippen molar-refractivity contribution in [1.29, 1.82) is 0 Å². The standard InChI is InChI=1S/C20H16Cl2FNO/c21-18-10-9-17(11-19(18)22)24-12-15-3-1-2-4-20(15)25-13-14-5-7-16(23)8-6-14/h1-11,24H,12-13H2. The van der Waals surface area contributed by atoms with Crippen molar-refractivity contribution in [3.8, 4) is 5.75 Å². The monoisotopic (exact) mass is 375 g/mol. The zero-order chi connectivity index (χ0) is 17.6. The first-order valence-electron chi connectivity index (χ1n) is 7.76. The van der Waals surface area contributed by atoms with Gasteiger partial charge in [0, 0.05) is 17.8 Å². The summed E-state index contributed by atoms with van der Waals surface area (Å²) in [5.74, 6) is 0.523. The number of benzene rings is 3. The third-order valence-corrected chi connectivity index (χ3v) is 4.42. The lowest BCUT2D eigenvalue weighted by Gasteiger charge is -2.13. The summed E-state index contributed by atoms with van der Waals surface area (Å²) in [6.45, 7) is 0.960. The number of rotatable bonds is 6. The number of para-hydroxylation sites is 1. The molecule has 128 valence electrons. The van der Waals surface area contributed by atoms with E-state index in [1.54, 1.807) is 24.3 Å². The first kappa shape index (κ1) is 17.6. The SMILES string of the molecule is Fc1ccc(COc2ccccc2CNc2ccc(Cl)c(Cl)c2)cc1. The van der Waals surface area contributed by atoms with E-state index in [-0.39, 0.29) is 5.82 Å². The predicted octanol–water partition coefficient (Wildman–Crippen LogP) is 6.32. The topological polar surface area (TPSA) is 21.3 Å². The van der Waals surface area contributed by atoms with E-state index in [2.05, 4.69) is 5.32 Å². The lowest BCUT2D eigenvalue weighted by molar-refractivity contribution is 0.303. The molecule has 0 saturated carbocycles. The molecule has 0 atom stereocenters. The Morgan fingerprint density at radius 2 is 1.64 bits per heavy atom. The van der Waals surface area contributed by atoms with Gasteiger partial charge in [0.15, 0.2) is 0 Å². The van der Waals surface area contributed by atoms with Gasteiger partial charge in [0.2, 0.25) is 0 Å². The molecular weight excluding hydrogens is 360 g/mol. The molecule has 0 fully saturated rings. The molecule has 25 heavy (non-hydrogen) atoms. The summed E-state index contributed by atoms with van der Waals surface area (Å²) in [7, 11) is 0. The fourth-order valence-electron chi connectivity index (χ4n) is 2.34. The second-order valence-electron chi connectivity index (χ2n) is 5.51. The van der Waals surface area contributed by atoms with E-state index in [9.17, 15) is 4.39 Å². The summed E-state index contributed by atoms with van der Waals surface area (Å²) in [4.78, 5) is 0. The zero-order valence-corrected chi connectivity index (χ0v) is 14.8. The number of hydrogen-bond donors (Lipinski definition) is 1. The largest absolute Gasteiger partial charge is 0.489 e. The summed E-state index contributed by atoms with van der Waals surface area (Å²) in [6, 6.07) is 19.5. The molecule has 0 saturated heterocycles. The lowest BCUT2D eigenvalue weighted by Crippen LogP contribution is -2.03. The number of nitrogens with one attached hydrogen (secondary N) is 1. The molecule has 0 aromatic heterocycles. The van der Waals surface area contributed by atoms with Gasteiger partial charge in [0.25, 0.3) is 0 Å². The molecule has 3 rings (SSSR count). The van der Waals surface area contributed by atoms with Crippen molar-refractivity contribution in [3.63, 3.8) is 0 Å².